The Bertz CT molecular complexity index is 592. The van der Waals surface area contributed by atoms with Crippen LogP contribution in [0.1, 0.15) is 21.5 Å². The van der Waals surface area contributed by atoms with Gasteiger partial charge in [-0.3, -0.25) is 4.79 Å². The number of amides is 1. The average molecular weight is 289 g/mol. The third-order valence-electron chi connectivity index (χ3n) is 2.78. The first-order valence-corrected chi connectivity index (χ1v) is 6.05. The maximum Gasteiger partial charge on any atom is 0.255 e. The fourth-order valence-electron chi connectivity index (χ4n) is 1.65. The maximum atomic E-state index is 11.9. The lowest BCUT2D eigenvalue weighted by molar-refractivity contribution is 0.0970. The smallest absolute Gasteiger partial charge is 0.255 e. The monoisotopic (exact) mass is 288 g/mol. The Balaban J connectivity index is 0.00000200. The Morgan fingerprint density at radius 1 is 1.00 bits per heavy atom. The predicted molar refractivity (Wildman–Crippen MR) is 84.5 cm³/mol. The number of carbonyl (C=O) groups excluding carboxylic acids is 1. The van der Waals surface area contributed by atoms with Crippen molar-refractivity contribution in [3.05, 3.63) is 77.5 Å². The molecule has 0 atom stereocenters. The van der Waals surface area contributed by atoms with Crippen LogP contribution in [0.25, 0.3) is 5.70 Å². The van der Waals surface area contributed by atoms with Gasteiger partial charge < -0.3 is 11.1 Å². The Morgan fingerprint density at radius 3 is 2.20 bits per heavy atom. The highest BCUT2D eigenvalue weighted by molar-refractivity contribution is 5.95. The minimum absolute atomic E-state index is 0. The van der Waals surface area contributed by atoms with Gasteiger partial charge in [-0.15, -0.1) is 12.4 Å². The summed E-state index contributed by atoms with van der Waals surface area (Å²) in [5.74, 6) is -0.168. The summed E-state index contributed by atoms with van der Waals surface area (Å²) >= 11 is 0. The number of rotatable bonds is 3. The third-order valence-corrected chi connectivity index (χ3v) is 2.78. The van der Waals surface area contributed by atoms with E-state index < -0.39 is 0 Å². The van der Waals surface area contributed by atoms with Crippen LogP contribution in [0, 0.1) is 6.92 Å². The van der Waals surface area contributed by atoms with Crippen LogP contribution in [0.4, 0.5) is 0 Å². The van der Waals surface area contributed by atoms with E-state index in [9.17, 15) is 4.79 Å². The Morgan fingerprint density at radius 2 is 1.60 bits per heavy atom. The second-order valence-corrected chi connectivity index (χ2v) is 4.31. The molecule has 0 aliphatic carbocycles. The highest BCUT2D eigenvalue weighted by Crippen LogP contribution is 2.07. The van der Waals surface area contributed by atoms with Crippen LogP contribution in [0.2, 0.25) is 0 Å². The van der Waals surface area contributed by atoms with Crippen LogP contribution in [0.15, 0.2) is 60.8 Å². The molecule has 0 saturated heterocycles. The van der Waals surface area contributed by atoms with E-state index in [2.05, 4.69) is 5.32 Å². The molecule has 104 valence electrons. The summed E-state index contributed by atoms with van der Waals surface area (Å²) in [6, 6.07) is 16.9. The molecule has 2 aromatic rings. The standard InChI is InChI=1S/C16H16N2O.ClH/c1-12-7-9-14(10-8-12)16(19)18-11-15(17)13-5-3-2-4-6-13;/h2-11H,17H2,1H3,(H,18,19);1H/b15-11+;. The van der Waals surface area contributed by atoms with Crippen molar-refractivity contribution in [3.63, 3.8) is 0 Å². The molecule has 0 unspecified atom stereocenters. The average Bonchev–Trinajstić information content (AvgIpc) is 2.46. The van der Waals surface area contributed by atoms with Gasteiger partial charge in [0.25, 0.3) is 5.91 Å². The van der Waals surface area contributed by atoms with Crippen molar-refractivity contribution in [2.24, 2.45) is 5.73 Å². The molecule has 1 amide bonds. The maximum absolute atomic E-state index is 11.9. The van der Waals surface area contributed by atoms with Crippen LogP contribution in [0.3, 0.4) is 0 Å². The second-order valence-electron chi connectivity index (χ2n) is 4.31. The summed E-state index contributed by atoms with van der Waals surface area (Å²) in [7, 11) is 0. The van der Waals surface area contributed by atoms with E-state index in [1.54, 1.807) is 12.1 Å². The van der Waals surface area contributed by atoms with Crippen LogP contribution >= 0.6 is 12.4 Å². The van der Waals surface area contributed by atoms with Crippen molar-refractivity contribution in [2.75, 3.05) is 0 Å². The van der Waals surface area contributed by atoms with Gasteiger partial charge in [-0.25, -0.2) is 0 Å². The first-order chi connectivity index (χ1) is 9.16. The lowest BCUT2D eigenvalue weighted by atomic mass is 10.1. The molecule has 2 rings (SSSR count). The van der Waals surface area contributed by atoms with Crippen LogP contribution in [-0.2, 0) is 0 Å². The van der Waals surface area contributed by atoms with Gasteiger partial charge in [-0.1, -0.05) is 48.0 Å². The Kier molecular flexibility index (Phi) is 5.81. The van der Waals surface area contributed by atoms with E-state index in [4.69, 9.17) is 5.73 Å². The van der Waals surface area contributed by atoms with Crippen molar-refractivity contribution in [3.8, 4) is 0 Å². The number of nitrogens with one attached hydrogen (secondary N) is 1. The molecule has 0 saturated carbocycles. The van der Waals surface area contributed by atoms with E-state index in [1.807, 2.05) is 49.4 Å². The van der Waals surface area contributed by atoms with E-state index in [0.29, 0.717) is 11.3 Å². The van der Waals surface area contributed by atoms with Crippen molar-refractivity contribution >= 4 is 24.0 Å². The SMILES string of the molecule is Cc1ccc(C(=O)N/C=C(/N)c2ccccc2)cc1.Cl. The first kappa shape index (κ1) is 15.8. The molecule has 0 spiro atoms. The number of hydrogen-bond donors (Lipinski definition) is 2. The Hall–Kier alpha value is -2.26. The second kappa shape index (κ2) is 7.36. The van der Waals surface area contributed by atoms with E-state index >= 15 is 0 Å². The molecule has 4 heteroatoms. The predicted octanol–water partition coefficient (Wildman–Crippen LogP) is 3.10. The molecule has 0 aliphatic heterocycles. The van der Waals surface area contributed by atoms with Crippen LogP contribution in [-0.4, -0.2) is 5.91 Å². The fourth-order valence-corrected chi connectivity index (χ4v) is 1.65. The first-order valence-electron chi connectivity index (χ1n) is 6.05. The van der Waals surface area contributed by atoms with Crippen LogP contribution < -0.4 is 11.1 Å². The van der Waals surface area contributed by atoms with Crippen molar-refractivity contribution in [1.29, 1.82) is 0 Å². The van der Waals surface area contributed by atoms with Crippen molar-refractivity contribution < 1.29 is 4.79 Å². The molecule has 0 radical (unpaired) electrons. The summed E-state index contributed by atoms with van der Waals surface area (Å²) in [5.41, 5.74) is 9.04. The summed E-state index contributed by atoms with van der Waals surface area (Å²) < 4.78 is 0. The fraction of sp³-hybridized carbons (Fsp3) is 0.0625. The normalized spacial score (nSPS) is 10.6. The summed E-state index contributed by atoms with van der Waals surface area (Å²) in [4.78, 5) is 11.9. The number of benzene rings is 2. The van der Waals surface area contributed by atoms with E-state index in [1.165, 1.54) is 6.20 Å². The third kappa shape index (κ3) is 4.14. The van der Waals surface area contributed by atoms with Gasteiger partial charge in [0, 0.05) is 11.8 Å². The number of aryl methyl sites for hydroxylation is 1. The van der Waals surface area contributed by atoms with E-state index in [0.717, 1.165) is 11.1 Å². The highest BCUT2D eigenvalue weighted by atomic mass is 35.5. The number of hydrogen-bond acceptors (Lipinski definition) is 2. The molecule has 0 bridgehead atoms. The summed E-state index contributed by atoms with van der Waals surface area (Å²) in [5, 5.41) is 2.69. The van der Waals surface area contributed by atoms with Crippen molar-refractivity contribution in [2.45, 2.75) is 6.92 Å². The molecule has 0 fully saturated rings. The number of halogens is 1. The number of nitrogens with two attached hydrogens (primary N) is 1. The topological polar surface area (TPSA) is 55.1 Å². The number of carbonyl (C=O) groups is 1. The van der Waals surface area contributed by atoms with Gasteiger partial charge in [0.2, 0.25) is 0 Å². The molecule has 2 aromatic carbocycles. The summed E-state index contributed by atoms with van der Waals surface area (Å²) in [6.45, 7) is 1.98. The lowest BCUT2D eigenvalue weighted by Crippen LogP contribution is -2.18. The molecule has 3 nitrogen and oxygen atoms in total. The van der Waals surface area contributed by atoms with Gasteiger partial charge in [0.1, 0.15) is 0 Å². The minimum Gasteiger partial charge on any atom is -0.397 e. The molecule has 0 heterocycles. The van der Waals surface area contributed by atoms with Gasteiger partial charge >= 0.3 is 0 Å². The zero-order valence-electron chi connectivity index (χ0n) is 11.2. The zero-order chi connectivity index (χ0) is 13.7. The molecule has 0 aromatic heterocycles. The molecular weight excluding hydrogens is 272 g/mol. The van der Waals surface area contributed by atoms with Gasteiger partial charge in [-0.2, -0.15) is 0 Å². The molecular formula is C16H17ClN2O. The van der Waals surface area contributed by atoms with E-state index in [-0.39, 0.29) is 18.3 Å². The lowest BCUT2D eigenvalue weighted by Gasteiger charge is -2.04. The largest absolute Gasteiger partial charge is 0.397 e. The van der Waals surface area contributed by atoms with Crippen molar-refractivity contribution in [1.82, 2.24) is 5.32 Å². The molecule has 3 N–H and O–H groups in total. The van der Waals surface area contributed by atoms with Crippen LogP contribution in [0.5, 0.6) is 0 Å². The van der Waals surface area contributed by atoms with Gasteiger partial charge in [-0.05, 0) is 24.6 Å². The minimum atomic E-state index is -0.168. The Labute approximate surface area is 124 Å². The molecule has 0 aliphatic rings. The summed E-state index contributed by atoms with van der Waals surface area (Å²) in [6.07, 6.45) is 1.53. The quantitative estimate of drug-likeness (QED) is 0.912. The molecule has 20 heavy (non-hydrogen) atoms. The van der Waals surface area contributed by atoms with Gasteiger partial charge in [0.15, 0.2) is 0 Å². The zero-order valence-corrected chi connectivity index (χ0v) is 12.0. The van der Waals surface area contributed by atoms with Gasteiger partial charge in [0.05, 0.1) is 5.70 Å². The highest BCUT2D eigenvalue weighted by Gasteiger charge is 2.03.